The van der Waals surface area contributed by atoms with Crippen LogP contribution in [0.25, 0.3) is 11.1 Å². The molecule has 0 aromatic heterocycles. The minimum atomic E-state index is -0.0298. The van der Waals surface area contributed by atoms with Crippen LogP contribution in [0.5, 0.6) is 5.75 Å². The number of phenols is 1. The summed E-state index contributed by atoms with van der Waals surface area (Å²) < 4.78 is 5.41. The first-order valence-corrected chi connectivity index (χ1v) is 9.07. The van der Waals surface area contributed by atoms with Gasteiger partial charge in [0.05, 0.1) is 13.2 Å². The van der Waals surface area contributed by atoms with Crippen molar-refractivity contribution in [2.24, 2.45) is 0 Å². The third kappa shape index (κ3) is 5.07. The molecule has 2 aromatic carbocycles. The predicted octanol–water partition coefficient (Wildman–Crippen LogP) is 2.57. The Labute approximate surface area is 154 Å². The Kier molecular flexibility index (Phi) is 6.26. The summed E-state index contributed by atoms with van der Waals surface area (Å²) in [5.41, 5.74) is 4.46. The van der Waals surface area contributed by atoms with Crippen LogP contribution < -0.4 is 5.32 Å². The van der Waals surface area contributed by atoms with Gasteiger partial charge in [-0.1, -0.05) is 24.3 Å². The molecule has 2 N–H and O–H groups in total. The van der Waals surface area contributed by atoms with Crippen LogP contribution >= 0.6 is 0 Å². The predicted molar refractivity (Wildman–Crippen MR) is 102 cm³/mol. The molecule has 2 aromatic rings. The van der Waals surface area contributed by atoms with Crippen molar-refractivity contribution in [3.05, 3.63) is 53.6 Å². The van der Waals surface area contributed by atoms with E-state index in [1.165, 1.54) is 12.5 Å². The Bertz CT molecular complexity index is 755. The van der Waals surface area contributed by atoms with Gasteiger partial charge in [-0.05, 0) is 46.9 Å². The Hall–Kier alpha value is -2.37. The van der Waals surface area contributed by atoms with Gasteiger partial charge in [0.2, 0.25) is 5.91 Å². The molecule has 0 unspecified atom stereocenters. The average molecular weight is 354 g/mol. The normalized spacial score (nSPS) is 15.0. The molecular weight excluding hydrogens is 328 g/mol. The zero-order chi connectivity index (χ0) is 18.4. The minimum absolute atomic E-state index is 0.0298. The van der Waals surface area contributed by atoms with E-state index in [2.05, 4.69) is 34.5 Å². The molecule has 1 saturated heterocycles. The number of carbonyl (C=O) groups is 1. The summed E-state index contributed by atoms with van der Waals surface area (Å²) in [5, 5.41) is 12.8. The minimum Gasteiger partial charge on any atom is -0.508 e. The summed E-state index contributed by atoms with van der Waals surface area (Å²) in [7, 11) is 0. The van der Waals surface area contributed by atoms with Gasteiger partial charge < -0.3 is 15.2 Å². The van der Waals surface area contributed by atoms with Gasteiger partial charge >= 0.3 is 0 Å². The maximum Gasteiger partial charge on any atom is 0.216 e. The van der Waals surface area contributed by atoms with Crippen LogP contribution in [0.15, 0.2) is 42.5 Å². The molecule has 3 rings (SSSR count). The monoisotopic (exact) mass is 354 g/mol. The highest BCUT2D eigenvalue weighted by Crippen LogP contribution is 2.29. The fourth-order valence-corrected chi connectivity index (χ4v) is 3.28. The summed E-state index contributed by atoms with van der Waals surface area (Å²) in [5.74, 6) is 0.222. The SMILES string of the molecule is CC(=O)NCCc1ccc(O)cc1-c1cccc(CN2CCOCC2)c1. The van der Waals surface area contributed by atoms with E-state index >= 15 is 0 Å². The molecule has 0 bridgehead atoms. The molecule has 1 aliphatic heterocycles. The summed E-state index contributed by atoms with van der Waals surface area (Å²) in [6, 6.07) is 13.9. The lowest BCUT2D eigenvalue weighted by atomic mass is 9.96. The van der Waals surface area contributed by atoms with Crippen molar-refractivity contribution in [1.82, 2.24) is 10.2 Å². The van der Waals surface area contributed by atoms with Crippen LogP contribution in [0.3, 0.4) is 0 Å². The lowest BCUT2D eigenvalue weighted by Gasteiger charge is -2.26. The first-order chi connectivity index (χ1) is 12.6. The highest BCUT2D eigenvalue weighted by molar-refractivity contribution is 5.73. The molecular formula is C21H26N2O3. The fourth-order valence-electron chi connectivity index (χ4n) is 3.28. The number of nitrogens with one attached hydrogen (secondary N) is 1. The van der Waals surface area contributed by atoms with Crippen molar-refractivity contribution in [2.45, 2.75) is 19.9 Å². The van der Waals surface area contributed by atoms with Crippen molar-refractivity contribution in [1.29, 1.82) is 0 Å². The molecule has 26 heavy (non-hydrogen) atoms. The van der Waals surface area contributed by atoms with Crippen molar-refractivity contribution in [3.63, 3.8) is 0 Å². The zero-order valence-corrected chi connectivity index (χ0v) is 15.2. The largest absolute Gasteiger partial charge is 0.508 e. The van der Waals surface area contributed by atoms with Gasteiger partial charge in [-0.2, -0.15) is 0 Å². The molecule has 1 fully saturated rings. The Morgan fingerprint density at radius 2 is 2.00 bits per heavy atom. The third-order valence-corrected chi connectivity index (χ3v) is 4.61. The second kappa shape index (κ2) is 8.83. The summed E-state index contributed by atoms with van der Waals surface area (Å²) >= 11 is 0. The summed E-state index contributed by atoms with van der Waals surface area (Å²) in [6.07, 6.45) is 0.725. The van der Waals surface area contributed by atoms with E-state index in [9.17, 15) is 9.90 Å². The first kappa shape index (κ1) is 18.4. The second-order valence-electron chi connectivity index (χ2n) is 6.66. The van der Waals surface area contributed by atoms with E-state index < -0.39 is 0 Å². The maximum absolute atomic E-state index is 11.1. The van der Waals surface area contributed by atoms with Gasteiger partial charge in [0.25, 0.3) is 0 Å². The number of amides is 1. The van der Waals surface area contributed by atoms with Crippen molar-refractivity contribution in [3.8, 4) is 16.9 Å². The van der Waals surface area contributed by atoms with Crippen molar-refractivity contribution < 1.29 is 14.6 Å². The Morgan fingerprint density at radius 3 is 2.77 bits per heavy atom. The van der Waals surface area contributed by atoms with Gasteiger partial charge in [0.15, 0.2) is 0 Å². The van der Waals surface area contributed by atoms with E-state index in [0.29, 0.717) is 6.54 Å². The van der Waals surface area contributed by atoms with Gasteiger partial charge in [0, 0.05) is 33.1 Å². The molecule has 0 saturated carbocycles. The van der Waals surface area contributed by atoms with Gasteiger partial charge in [0.1, 0.15) is 5.75 Å². The maximum atomic E-state index is 11.1. The number of nitrogens with zero attached hydrogens (tertiary/aromatic N) is 1. The highest BCUT2D eigenvalue weighted by atomic mass is 16.5. The quantitative estimate of drug-likeness (QED) is 0.837. The van der Waals surface area contributed by atoms with Crippen LogP contribution in [-0.2, 0) is 22.5 Å². The number of morpholine rings is 1. The van der Waals surface area contributed by atoms with Crippen molar-refractivity contribution >= 4 is 5.91 Å². The Balaban J connectivity index is 1.79. The van der Waals surface area contributed by atoms with Gasteiger partial charge in [-0.25, -0.2) is 0 Å². The number of rotatable bonds is 6. The molecule has 0 spiro atoms. The summed E-state index contributed by atoms with van der Waals surface area (Å²) in [6.45, 7) is 6.50. The molecule has 5 heteroatoms. The lowest BCUT2D eigenvalue weighted by Crippen LogP contribution is -2.35. The van der Waals surface area contributed by atoms with Crippen LogP contribution in [-0.4, -0.2) is 48.8 Å². The molecule has 1 aliphatic rings. The molecule has 138 valence electrons. The smallest absolute Gasteiger partial charge is 0.216 e. The van der Waals surface area contributed by atoms with E-state index in [0.717, 1.165) is 56.0 Å². The first-order valence-electron chi connectivity index (χ1n) is 9.07. The fraction of sp³-hybridized carbons (Fsp3) is 0.381. The van der Waals surface area contributed by atoms with E-state index in [1.807, 2.05) is 6.07 Å². The molecule has 0 atom stereocenters. The molecule has 0 radical (unpaired) electrons. The second-order valence-corrected chi connectivity index (χ2v) is 6.66. The average Bonchev–Trinajstić information content (AvgIpc) is 2.64. The number of aromatic hydroxyl groups is 1. The Morgan fingerprint density at radius 1 is 1.19 bits per heavy atom. The topological polar surface area (TPSA) is 61.8 Å². The molecule has 5 nitrogen and oxygen atoms in total. The number of ether oxygens (including phenoxy) is 1. The molecule has 0 aliphatic carbocycles. The van der Waals surface area contributed by atoms with Crippen LogP contribution in [0.4, 0.5) is 0 Å². The van der Waals surface area contributed by atoms with E-state index in [1.54, 1.807) is 12.1 Å². The van der Waals surface area contributed by atoms with Crippen LogP contribution in [0.2, 0.25) is 0 Å². The molecule has 1 amide bonds. The van der Waals surface area contributed by atoms with E-state index in [-0.39, 0.29) is 11.7 Å². The standard InChI is InChI=1S/C21H26N2O3/c1-16(24)22-8-7-18-5-6-20(25)14-21(18)19-4-2-3-17(13-19)15-23-9-11-26-12-10-23/h2-6,13-14,25H,7-12,15H2,1H3,(H,22,24). The number of phenolic OH excluding ortho intramolecular Hbond substituents is 1. The summed E-state index contributed by atoms with van der Waals surface area (Å²) in [4.78, 5) is 13.5. The zero-order valence-electron chi connectivity index (χ0n) is 15.2. The number of benzene rings is 2. The lowest BCUT2D eigenvalue weighted by molar-refractivity contribution is -0.118. The van der Waals surface area contributed by atoms with Gasteiger partial charge in [-0.3, -0.25) is 9.69 Å². The van der Waals surface area contributed by atoms with Crippen LogP contribution in [0.1, 0.15) is 18.1 Å². The highest BCUT2D eigenvalue weighted by Gasteiger charge is 2.12. The number of hydrogen-bond acceptors (Lipinski definition) is 4. The van der Waals surface area contributed by atoms with E-state index in [4.69, 9.17) is 4.74 Å². The van der Waals surface area contributed by atoms with Gasteiger partial charge in [-0.15, -0.1) is 0 Å². The van der Waals surface area contributed by atoms with Crippen molar-refractivity contribution in [2.75, 3.05) is 32.8 Å². The van der Waals surface area contributed by atoms with Crippen LogP contribution in [0, 0.1) is 0 Å². The third-order valence-electron chi connectivity index (χ3n) is 4.61. The number of hydrogen-bond donors (Lipinski definition) is 2. The molecule has 1 heterocycles. The number of carbonyl (C=O) groups excluding carboxylic acids is 1.